The van der Waals surface area contributed by atoms with Crippen LogP contribution in [-0.4, -0.2) is 19.3 Å². The number of nitrogens with one attached hydrogen (secondary N) is 2. The molecule has 0 spiro atoms. The molecule has 6 nitrogen and oxygen atoms in total. The van der Waals surface area contributed by atoms with Crippen molar-refractivity contribution in [2.45, 2.75) is 24.3 Å². The predicted octanol–water partition coefficient (Wildman–Crippen LogP) is 1.62. The molecule has 22 heavy (non-hydrogen) atoms. The number of sulfonamides is 1. The van der Waals surface area contributed by atoms with E-state index in [-0.39, 0.29) is 23.3 Å². The van der Waals surface area contributed by atoms with Gasteiger partial charge in [0.2, 0.25) is 15.9 Å². The second-order valence-electron chi connectivity index (χ2n) is 5.17. The van der Waals surface area contributed by atoms with Crippen molar-refractivity contribution in [3.05, 3.63) is 53.9 Å². The smallest absolute Gasteiger partial charge is 0.241 e. The van der Waals surface area contributed by atoms with Gasteiger partial charge < -0.3 is 5.32 Å². The molecule has 1 atom stereocenters. The minimum Gasteiger partial charge on any atom is -0.326 e. The highest BCUT2D eigenvalue weighted by atomic mass is 32.2. The van der Waals surface area contributed by atoms with Crippen LogP contribution in [0.15, 0.2) is 47.6 Å². The average molecular weight is 317 g/mol. The van der Waals surface area contributed by atoms with Gasteiger partial charge in [-0.1, -0.05) is 0 Å². The van der Waals surface area contributed by atoms with E-state index in [1.165, 1.54) is 12.1 Å². The maximum atomic E-state index is 12.5. The van der Waals surface area contributed by atoms with Crippen LogP contribution in [0.5, 0.6) is 0 Å². The second kappa shape index (κ2) is 5.51. The standard InChI is InChI=1S/C15H15N3O3S/c1-10(11-4-6-16-7-5-11)18-22(20,21)13-2-3-14-12(8-13)9-15(19)17-14/h2-8,10,18H,9H2,1H3,(H,17,19). The number of benzene rings is 1. The van der Waals surface area contributed by atoms with Crippen molar-refractivity contribution < 1.29 is 13.2 Å². The Bertz CT molecular complexity index is 819. The van der Waals surface area contributed by atoms with E-state index in [4.69, 9.17) is 0 Å². The number of pyridine rings is 1. The molecule has 2 N–H and O–H groups in total. The molecule has 1 aliphatic rings. The number of anilines is 1. The van der Waals surface area contributed by atoms with E-state index in [2.05, 4.69) is 15.0 Å². The summed E-state index contributed by atoms with van der Waals surface area (Å²) in [6, 6.07) is 7.80. The molecule has 0 saturated carbocycles. The SMILES string of the molecule is CC(NS(=O)(=O)c1ccc2c(c1)CC(=O)N2)c1ccncc1. The number of rotatable bonds is 4. The highest BCUT2D eigenvalue weighted by molar-refractivity contribution is 7.89. The van der Waals surface area contributed by atoms with Crippen LogP contribution in [0.4, 0.5) is 5.69 Å². The van der Waals surface area contributed by atoms with Gasteiger partial charge in [-0.3, -0.25) is 9.78 Å². The van der Waals surface area contributed by atoms with Crippen molar-refractivity contribution >= 4 is 21.6 Å². The van der Waals surface area contributed by atoms with E-state index in [1.54, 1.807) is 37.5 Å². The summed E-state index contributed by atoms with van der Waals surface area (Å²) in [6.45, 7) is 1.77. The van der Waals surface area contributed by atoms with Gasteiger partial charge >= 0.3 is 0 Å². The Labute approximate surface area is 128 Å². The van der Waals surface area contributed by atoms with E-state index < -0.39 is 10.0 Å². The number of carbonyl (C=O) groups is 1. The lowest BCUT2D eigenvalue weighted by atomic mass is 10.1. The molecule has 1 aromatic heterocycles. The van der Waals surface area contributed by atoms with Gasteiger partial charge in [-0.25, -0.2) is 13.1 Å². The van der Waals surface area contributed by atoms with Crippen LogP contribution < -0.4 is 10.0 Å². The van der Waals surface area contributed by atoms with E-state index >= 15 is 0 Å². The first-order valence-corrected chi connectivity index (χ1v) is 8.29. The van der Waals surface area contributed by atoms with Crippen LogP contribution in [0.2, 0.25) is 0 Å². The Balaban J connectivity index is 1.85. The minimum absolute atomic E-state index is 0.123. The molecule has 1 aliphatic heterocycles. The molecular weight excluding hydrogens is 302 g/mol. The average Bonchev–Trinajstić information content (AvgIpc) is 2.86. The van der Waals surface area contributed by atoms with Gasteiger partial charge in [0.05, 0.1) is 11.3 Å². The fraction of sp³-hybridized carbons (Fsp3) is 0.200. The number of amides is 1. The topological polar surface area (TPSA) is 88.2 Å². The Hall–Kier alpha value is -2.25. The second-order valence-corrected chi connectivity index (χ2v) is 6.88. The monoisotopic (exact) mass is 317 g/mol. The summed E-state index contributed by atoms with van der Waals surface area (Å²) in [5.41, 5.74) is 2.20. The molecule has 0 fully saturated rings. The van der Waals surface area contributed by atoms with Gasteiger partial charge in [-0.2, -0.15) is 0 Å². The molecule has 0 bridgehead atoms. The lowest BCUT2D eigenvalue weighted by molar-refractivity contribution is -0.115. The quantitative estimate of drug-likeness (QED) is 0.897. The fourth-order valence-electron chi connectivity index (χ4n) is 2.39. The number of hydrogen-bond acceptors (Lipinski definition) is 4. The molecule has 0 saturated heterocycles. The van der Waals surface area contributed by atoms with Crippen molar-refractivity contribution in [3.63, 3.8) is 0 Å². The maximum Gasteiger partial charge on any atom is 0.241 e. The van der Waals surface area contributed by atoms with Gasteiger partial charge in [0.1, 0.15) is 0 Å². The molecule has 3 rings (SSSR count). The number of nitrogens with zero attached hydrogens (tertiary/aromatic N) is 1. The molecule has 1 aromatic carbocycles. The summed E-state index contributed by atoms with van der Waals surface area (Å²) in [4.78, 5) is 15.4. The minimum atomic E-state index is -3.66. The van der Waals surface area contributed by atoms with Crippen LogP contribution >= 0.6 is 0 Å². The molecule has 0 radical (unpaired) electrons. The molecule has 7 heteroatoms. The van der Waals surface area contributed by atoms with E-state index in [9.17, 15) is 13.2 Å². The highest BCUT2D eigenvalue weighted by Gasteiger charge is 2.23. The normalized spacial score (nSPS) is 15.2. The number of hydrogen-bond donors (Lipinski definition) is 2. The fourth-order valence-corrected chi connectivity index (χ4v) is 3.68. The zero-order valence-electron chi connectivity index (χ0n) is 11.9. The number of aromatic nitrogens is 1. The molecule has 1 amide bonds. The third-order valence-electron chi connectivity index (χ3n) is 3.55. The van der Waals surface area contributed by atoms with Crippen molar-refractivity contribution in [1.82, 2.24) is 9.71 Å². The van der Waals surface area contributed by atoms with Gasteiger partial charge in [-0.05, 0) is 48.4 Å². The van der Waals surface area contributed by atoms with Crippen LogP contribution in [0.25, 0.3) is 0 Å². The summed E-state index contributed by atoms with van der Waals surface area (Å²) < 4.78 is 27.6. The molecule has 0 aliphatic carbocycles. The van der Waals surface area contributed by atoms with Gasteiger partial charge in [0.25, 0.3) is 0 Å². The first-order chi connectivity index (χ1) is 10.5. The lowest BCUT2D eigenvalue weighted by Gasteiger charge is -2.15. The van der Waals surface area contributed by atoms with Crippen molar-refractivity contribution in [3.8, 4) is 0 Å². The highest BCUT2D eigenvalue weighted by Crippen LogP contribution is 2.26. The van der Waals surface area contributed by atoms with Gasteiger partial charge in [0.15, 0.2) is 0 Å². The number of fused-ring (bicyclic) bond motifs is 1. The largest absolute Gasteiger partial charge is 0.326 e. The van der Waals surface area contributed by atoms with E-state index in [0.29, 0.717) is 11.3 Å². The van der Waals surface area contributed by atoms with Crippen molar-refractivity contribution in [2.24, 2.45) is 0 Å². The molecular formula is C15H15N3O3S. The first kappa shape index (κ1) is 14.7. The third-order valence-corrected chi connectivity index (χ3v) is 5.09. The molecule has 2 aromatic rings. The molecule has 2 heterocycles. The predicted molar refractivity (Wildman–Crippen MR) is 81.7 cm³/mol. The molecule has 114 valence electrons. The first-order valence-electron chi connectivity index (χ1n) is 6.81. The van der Waals surface area contributed by atoms with Crippen molar-refractivity contribution in [2.75, 3.05) is 5.32 Å². The third kappa shape index (κ3) is 2.86. The van der Waals surface area contributed by atoms with Crippen LogP contribution in [0.1, 0.15) is 24.1 Å². The Morgan fingerprint density at radius 1 is 1.23 bits per heavy atom. The summed E-state index contributed by atoms with van der Waals surface area (Å²) in [6.07, 6.45) is 3.44. The van der Waals surface area contributed by atoms with Gasteiger partial charge in [0, 0.05) is 24.1 Å². The zero-order valence-corrected chi connectivity index (χ0v) is 12.7. The summed E-state index contributed by atoms with van der Waals surface area (Å²) in [5.74, 6) is -0.123. The van der Waals surface area contributed by atoms with Crippen molar-refractivity contribution in [1.29, 1.82) is 0 Å². The summed E-state index contributed by atoms with van der Waals surface area (Å²) in [5, 5.41) is 2.68. The molecule has 1 unspecified atom stereocenters. The summed E-state index contributed by atoms with van der Waals surface area (Å²) in [7, 11) is -3.66. The van der Waals surface area contributed by atoms with E-state index in [0.717, 1.165) is 5.56 Å². The Kier molecular flexibility index (Phi) is 3.67. The Morgan fingerprint density at radius 2 is 1.95 bits per heavy atom. The van der Waals surface area contributed by atoms with Crippen LogP contribution in [0, 0.1) is 0 Å². The number of carbonyl (C=O) groups excluding carboxylic acids is 1. The van der Waals surface area contributed by atoms with Crippen LogP contribution in [0.3, 0.4) is 0 Å². The van der Waals surface area contributed by atoms with Gasteiger partial charge in [-0.15, -0.1) is 0 Å². The lowest BCUT2D eigenvalue weighted by Crippen LogP contribution is -2.27. The zero-order chi connectivity index (χ0) is 15.7. The summed E-state index contributed by atoms with van der Waals surface area (Å²) >= 11 is 0. The van der Waals surface area contributed by atoms with E-state index in [1.807, 2.05) is 0 Å². The van der Waals surface area contributed by atoms with Crippen LogP contribution in [-0.2, 0) is 21.2 Å². The Morgan fingerprint density at radius 3 is 2.68 bits per heavy atom. The maximum absolute atomic E-state index is 12.5.